The molecule has 298 valence electrons. The molecule has 0 aliphatic heterocycles. The van der Waals surface area contributed by atoms with Crippen molar-refractivity contribution in [3.63, 3.8) is 0 Å². The van der Waals surface area contributed by atoms with E-state index in [9.17, 15) is 5.26 Å². The monoisotopic (exact) mass is 813 g/mol. The zero-order valence-electron chi connectivity index (χ0n) is 34.9. The van der Waals surface area contributed by atoms with Crippen LogP contribution in [0.2, 0.25) is 0 Å². The van der Waals surface area contributed by atoms with Gasteiger partial charge in [-0.1, -0.05) is 164 Å². The van der Waals surface area contributed by atoms with Gasteiger partial charge in [-0.15, -0.1) is 0 Å². The van der Waals surface area contributed by atoms with Gasteiger partial charge in [0.1, 0.15) is 0 Å². The van der Waals surface area contributed by atoms with Crippen LogP contribution in [0.1, 0.15) is 5.56 Å². The molecule has 0 atom stereocenters. The van der Waals surface area contributed by atoms with Crippen LogP contribution in [0, 0.1) is 11.3 Å². The fourth-order valence-corrected chi connectivity index (χ4v) is 9.86. The van der Waals surface area contributed by atoms with Crippen LogP contribution in [-0.4, -0.2) is 9.13 Å². The number of rotatable bonds is 7. The highest BCUT2D eigenvalue weighted by Crippen LogP contribution is 2.44. The molecule has 12 rings (SSSR count). The normalized spacial score (nSPS) is 11.4. The highest BCUT2D eigenvalue weighted by Gasteiger charge is 2.19. The Bertz CT molecular complexity index is 3750. The van der Waals surface area contributed by atoms with Crippen LogP contribution in [-0.2, 0) is 0 Å². The standard InChI is InChI=1S/C61H39N3/c62-40-41-26-32-47(33-27-41)63-57-24-11-9-20-52(57)55-38-45(30-36-59(55)63)46-31-37-60-56(39-46)53-21-10-12-25-58(53)64(60)48-34-28-43(29-35-48)50-22-13-23-54(61(50)44-16-5-2-6-17-44)51-19-8-7-18-49(51)42-14-3-1-4-15-42/h1-39H. The van der Waals surface area contributed by atoms with Crippen LogP contribution in [0.25, 0.3) is 111 Å². The van der Waals surface area contributed by atoms with Crippen molar-refractivity contribution in [2.45, 2.75) is 0 Å². The molecule has 0 aliphatic rings. The molecule has 3 nitrogen and oxygen atoms in total. The lowest BCUT2D eigenvalue weighted by Crippen LogP contribution is -1.95. The van der Waals surface area contributed by atoms with Crippen LogP contribution in [0.15, 0.2) is 237 Å². The summed E-state index contributed by atoms with van der Waals surface area (Å²) in [4.78, 5) is 0. The molecule has 0 radical (unpaired) electrons. The van der Waals surface area contributed by atoms with Gasteiger partial charge in [-0.3, -0.25) is 0 Å². The van der Waals surface area contributed by atoms with Crippen molar-refractivity contribution in [2.24, 2.45) is 0 Å². The fraction of sp³-hybridized carbons (Fsp3) is 0. The molecule has 0 fully saturated rings. The predicted molar refractivity (Wildman–Crippen MR) is 267 cm³/mol. The quantitative estimate of drug-likeness (QED) is 0.158. The zero-order chi connectivity index (χ0) is 42.6. The second-order valence-electron chi connectivity index (χ2n) is 16.4. The smallest absolute Gasteiger partial charge is 0.0991 e. The third-order valence-electron chi connectivity index (χ3n) is 12.8. The molecule has 0 bridgehead atoms. The molecule has 2 heterocycles. The van der Waals surface area contributed by atoms with Crippen molar-refractivity contribution in [3.8, 4) is 73.1 Å². The van der Waals surface area contributed by atoms with Crippen LogP contribution in [0.4, 0.5) is 0 Å². The van der Waals surface area contributed by atoms with Crippen molar-refractivity contribution in [1.29, 1.82) is 5.26 Å². The molecule has 0 amide bonds. The van der Waals surface area contributed by atoms with E-state index in [4.69, 9.17) is 0 Å². The van der Waals surface area contributed by atoms with Gasteiger partial charge < -0.3 is 9.13 Å². The molecule has 0 N–H and O–H groups in total. The summed E-state index contributed by atoms with van der Waals surface area (Å²) in [5.41, 5.74) is 19.4. The van der Waals surface area contributed by atoms with Gasteiger partial charge in [0.25, 0.3) is 0 Å². The highest BCUT2D eigenvalue weighted by molar-refractivity contribution is 6.13. The number of hydrogen-bond acceptors (Lipinski definition) is 1. The Morgan fingerprint density at radius 1 is 0.281 bits per heavy atom. The Morgan fingerprint density at radius 2 is 0.703 bits per heavy atom. The first kappa shape index (κ1) is 37.1. The van der Waals surface area contributed by atoms with Crippen LogP contribution in [0.3, 0.4) is 0 Å². The second-order valence-corrected chi connectivity index (χ2v) is 16.4. The number of para-hydroxylation sites is 2. The average Bonchev–Trinajstić information content (AvgIpc) is 3.89. The Kier molecular flexibility index (Phi) is 8.88. The first-order valence-electron chi connectivity index (χ1n) is 21.7. The molecule has 0 unspecified atom stereocenters. The number of aromatic nitrogens is 2. The topological polar surface area (TPSA) is 33.6 Å². The summed E-state index contributed by atoms with van der Waals surface area (Å²) in [6.45, 7) is 0. The van der Waals surface area contributed by atoms with Gasteiger partial charge >= 0.3 is 0 Å². The number of nitriles is 1. The minimum atomic E-state index is 0.653. The number of nitrogens with zero attached hydrogens (tertiary/aromatic N) is 3. The molecule has 3 heteroatoms. The summed E-state index contributed by atoms with van der Waals surface area (Å²) in [5, 5.41) is 14.3. The second kappa shape index (κ2) is 15.3. The van der Waals surface area contributed by atoms with Crippen molar-refractivity contribution in [1.82, 2.24) is 9.13 Å². The van der Waals surface area contributed by atoms with Gasteiger partial charge in [-0.05, 0) is 128 Å². The van der Waals surface area contributed by atoms with E-state index in [0.29, 0.717) is 5.56 Å². The summed E-state index contributed by atoms with van der Waals surface area (Å²) in [5.74, 6) is 0. The summed E-state index contributed by atoms with van der Waals surface area (Å²) >= 11 is 0. The third kappa shape index (κ3) is 6.12. The molecular formula is C61H39N3. The minimum Gasteiger partial charge on any atom is -0.309 e. The van der Waals surface area contributed by atoms with E-state index in [1.807, 2.05) is 24.3 Å². The van der Waals surface area contributed by atoms with Gasteiger partial charge in [-0.25, -0.2) is 0 Å². The first-order valence-corrected chi connectivity index (χ1v) is 21.7. The third-order valence-corrected chi connectivity index (χ3v) is 12.8. The van der Waals surface area contributed by atoms with Gasteiger partial charge in [0.15, 0.2) is 0 Å². The summed E-state index contributed by atoms with van der Waals surface area (Å²) < 4.78 is 4.69. The van der Waals surface area contributed by atoms with Gasteiger partial charge in [0, 0.05) is 32.9 Å². The van der Waals surface area contributed by atoms with Gasteiger partial charge in [-0.2, -0.15) is 5.26 Å². The molecule has 2 aromatic heterocycles. The molecule has 0 spiro atoms. The Labute approximate surface area is 371 Å². The van der Waals surface area contributed by atoms with E-state index in [2.05, 4.69) is 228 Å². The van der Waals surface area contributed by atoms with Crippen molar-refractivity contribution in [2.75, 3.05) is 0 Å². The maximum Gasteiger partial charge on any atom is 0.0991 e. The maximum atomic E-state index is 9.43. The first-order chi connectivity index (χ1) is 31.7. The van der Waals surface area contributed by atoms with E-state index in [1.165, 1.54) is 88.2 Å². The zero-order valence-corrected chi connectivity index (χ0v) is 34.9. The largest absolute Gasteiger partial charge is 0.309 e. The van der Waals surface area contributed by atoms with Crippen molar-refractivity contribution < 1.29 is 0 Å². The molecule has 0 aliphatic carbocycles. The van der Waals surface area contributed by atoms with Crippen molar-refractivity contribution in [3.05, 3.63) is 242 Å². The number of fused-ring (bicyclic) bond motifs is 6. The molecule has 64 heavy (non-hydrogen) atoms. The number of benzene rings is 10. The van der Waals surface area contributed by atoms with Crippen LogP contribution >= 0.6 is 0 Å². The lowest BCUT2D eigenvalue weighted by Gasteiger charge is -2.19. The average molecular weight is 814 g/mol. The molecule has 10 aromatic carbocycles. The Hall–Kier alpha value is -8.71. The summed E-state index contributed by atoms with van der Waals surface area (Å²) in [6.07, 6.45) is 0. The van der Waals surface area contributed by atoms with E-state index in [-0.39, 0.29) is 0 Å². The van der Waals surface area contributed by atoms with Gasteiger partial charge in [0.2, 0.25) is 0 Å². The molecular weight excluding hydrogens is 775 g/mol. The highest BCUT2D eigenvalue weighted by atomic mass is 15.0. The fourth-order valence-electron chi connectivity index (χ4n) is 9.86. The minimum absolute atomic E-state index is 0.653. The van der Waals surface area contributed by atoms with Crippen LogP contribution in [0.5, 0.6) is 0 Å². The van der Waals surface area contributed by atoms with Crippen LogP contribution < -0.4 is 0 Å². The summed E-state index contributed by atoms with van der Waals surface area (Å²) in [7, 11) is 0. The lowest BCUT2D eigenvalue weighted by molar-refractivity contribution is 1.18. The van der Waals surface area contributed by atoms with Crippen molar-refractivity contribution >= 4 is 43.6 Å². The molecule has 0 saturated carbocycles. The predicted octanol–water partition coefficient (Wildman–Crippen LogP) is 16.1. The van der Waals surface area contributed by atoms with E-state index >= 15 is 0 Å². The molecule has 0 saturated heterocycles. The Morgan fingerprint density at radius 3 is 1.28 bits per heavy atom. The van der Waals surface area contributed by atoms with E-state index in [0.717, 1.165) is 22.4 Å². The number of hydrogen-bond donors (Lipinski definition) is 0. The molecule has 12 aromatic rings. The van der Waals surface area contributed by atoms with Gasteiger partial charge in [0.05, 0.1) is 33.7 Å². The van der Waals surface area contributed by atoms with E-state index in [1.54, 1.807) is 0 Å². The SMILES string of the molecule is N#Cc1ccc(-n2c3ccccc3c3cc(-c4ccc5c(c4)c4ccccc4n5-c4ccc(-c5cccc(-c6ccccc6-c6ccccc6)c5-c5ccccc5)cc4)ccc32)cc1. The summed E-state index contributed by atoms with van der Waals surface area (Å²) in [6, 6.07) is 87.2. The van der Waals surface area contributed by atoms with E-state index < -0.39 is 0 Å². The lowest BCUT2D eigenvalue weighted by atomic mass is 9.85. The Balaban J connectivity index is 0.959. The maximum absolute atomic E-state index is 9.43.